The smallest absolute Gasteiger partial charge is 0.305 e. The van der Waals surface area contributed by atoms with Crippen molar-refractivity contribution in [3.63, 3.8) is 0 Å². The maximum atomic E-state index is 11.7. The van der Waals surface area contributed by atoms with E-state index in [4.69, 9.17) is 5.11 Å². The van der Waals surface area contributed by atoms with E-state index >= 15 is 0 Å². The minimum absolute atomic E-state index is 0.230. The number of nitrogens with one attached hydrogen (secondary N) is 1. The Labute approximate surface area is 151 Å². The Morgan fingerprint density at radius 3 is 2.76 bits per heavy atom. The molecule has 0 aromatic heterocycles. The monoisotopic (exact) mass is 362 g/mol. The van der Waals surface area contributed by atoms with Crippen molar-refractivity contribution in [1.29, 1.82) is 0 Å². The molecular formula is C17H22N4O3S. The molecule has 0 aliphatic carbocycles. The Hall–Kier alpha value is -2.19. The van der Waals surface area contributed by atoms with Gasteiger partial charge in [0.15, 0.2) is 5.17 Å². The van der Waals surface area contributed by atoms with Crippen molar-refractivity contribution in [1.82, 2.24) is 10.2 Å². The largest absolute Gasteiger partial charge is 0.481 e. The number of carbonyl (C=O) groups excluding carboxylic acids is 1. The fourth-order valence-corrected chi connectivity index (χ4v) is 3.30. The van der Waals surface area contributed by atoms with E-state index in [1.807, 2.05) is 18.2 Å². The number of rotatable bonds is 8. The number of amides is 1. The lowest BCUT2D eigenvalue weighted by atomic mass is 10.1. The summed E-state index contributed by atoms with van der Waals surface area (Å²) in [4.78, 5) is 24.7. The first-order valence-electron chi connectivity index (χ1n) is 8.14. The van der Waals surface area contributed by atoms with E-state index in [2.05, 4.69) is 40.3 Å². The van der Waals surface area contributed by atoms with Crippen molar-refractivity contribution < 1.29 is 14.7 Å². The number of carboxylic acids is 1. The molecule has 1 aromatic rings. The maximum Gasteiger partial charge on any atom is 0.305 e. The van der Waals surface area contributed by atoms with Gasteiger partial charge in [-0.05, 0) is 24.2 Å². The van der Waals surface area contributed by atoms with Crippen LogP contribution in [0, 0.1) is 0 Å². The molecule has 1 aliphatic heterocycles. The van der Waals surface area contributed by atoms with E-state index < -0.39 is 11.2 Å². The lowest BCUT2D eigenvalue weighted by molar-refractivity contribution is -0.138. The lowest BCUT2D eigenvalue weighted by Crippen LogP contribution is -2.26. The minimum Gasteiger partial charge on any atom is -0.481 e. The molecule has 0 radical (unpaired) electrons. The number of benzene rings is 1. The van der Waals surface area contributed by atoms with E-state index in [9.17, 15) is 9.59 Å². The highest BCUT2D eigenvalue weighted by Gasteiger charge is 2.32. The molecule has 2 N–H and O–H groups in total. The van der Waals surface area contributed by atoms with Gasteiger partial charge in [0, 0.05) is 6.54 Å². The van der Waals surface area contributed by atoms with E-state index in [0.717, 1.165) is 42.5 Å². The Balaban J connectivity index is 2.05. The fraction of sp³-hybridized carbons (Fsp3) is 0.412. The summed E-state index contributed by atoms with van der Waals surface area (Å²) in [6.07, 6.45) is 1.43. The highest BCUT2D eigenvalue weighted by Crippen LogP contribution is 2.22. The molecule has 1 amide bonds. The van der Waals surface area contributed by atoms with E-state index in [0.29, 0.717) is 5.17 Å². The normalized spacial score (nSPS) is 19.1. The first-order valence-corrected chi connectivity index (χ1v) is 9.02. The zero-order valence-electron chi connectivity index (χ0n) is 14.3. The van der Waals surface area contributed by atoms with Gasteiger partial charge in [-0.3, -0.25) is 14.5 Å². The van der Waals surface area contributed by atoms with Crippen LogP contribution in [-0.2, 0) is 16.1 Å². The van der Waals surface area contributed by atoms with Gasteiger partial charge in [0.25, 0.3) is 0 Å². The molecule has 2 rings (SSSR count). The molecule has 0 saturated carbocycles. The topological polar surface area (TPSA) is 94.4 Å². The maximum absolute atomic E-state index is 11.7. The number of thioether (sulfide) groups is 1. The molecule has 1 aromatic carbocycles. The molecule has 1 saturated heterocycles. The van der Waals surface area contributed by atoms with Gasteiger partial charge < -0.3 is 10.4 Å². The molecule has 7 nitrogen and oxygen atoms in total. The van der Waals surface area contributed by atoms with Crippen LogP contribution in [0.3, 0.4) is 0 Å². The second kappa shape index (κ2) is 9.33. The zero-order valence-corrected chi connectivity index (χ0v) is 15.1. The number of hydrogen-bond acceptors (Lipinski definition) is 6. The number of carbonyl (C=O) groups is 2. The molecule has 1 atom stereocenters. The van der Waals surface area contributed by atoms with Gasteiger partial charge in [0.05, 0.1) is 12.6 Å². The molecule has 1 unspecified atom stereocenters. The second-order valence-corrected chi connectivity index (χ2v) is 6.69. The van der Waals surface area contributed by atoms with Gasteiger partial charge in [-0.15, -0.1) is 5.10 Å². The van der Waals surface area contributed by atoms with Crippen LogP contribution in [0.4, 0.5) is 0 Å². The zero-order chi connectivity index (χ0) is 18.2. The molecule has 1 aliphatic rings. The van der Waals surface area contributed by atoms with Gasteiger partial charge in [-0.25, -0.2) is 0 Å². The van der Waals surface area contributed by atoms with Crippen LogP contribution in [0.1, 0.15) is 31.4 Å². The molecule has 25 heavy (non-hydrogen) atoms. The van der Waals surface area contributed by atoms with Crippen LogP contribution in [0.2, 0.25) is 0 Å². The van der Waals surface area contributed by atoms with E-state index in [-0.39, 0.29) is 12.3 Å². The lowest BCUT2D eigenvalue weighted by Gasteiger charge is -2.19. The van der Waals surface area contributed by atoms with Crippen LogP contribution in [0.5, 0.6) is 0 Å². The highest BCUT2D eigenvalue weighted by atomic mass is 32.2. The van der Waals surface area contributed by atoms with Gasteiger partial charge >= 0.3 is 5.97 Å². The molecular weight excluding hydrogens is 340 g/mol. The summed E-state index contributed by atoms with van der Waals surface area (Å²) in [7, 11) is 0. The van der Waals surface area contributed by atoms with Gasteiger partial charge in [-0.2, -0.15) is 5.10 Å². The Bertz CT molecular complexity index is 686. The molecule has 8 heteroatoms. The standard InChI is InChI=1S/C17H22N4O3S/c1-3-21(4-2)11-13-8-6-5-7-12(13)10-18-20-17-19-16(24)14(25-17)9-15(22)23/h5-8,10,14H,3-4,9,11H2,1-2H3,(H,22,23)(H,19,20,24). The minimum atomic E-state index is -1.01. The average molecular weight is 362 g/mol. The van der Waals surface area contributed by atoms with Gasteiger partial charge in [0.2, 0.25) is 5.91 Å². The summed E-state index contributed by atoms with van der Waals surface area (Å²) in [6, 6.07) is 7.96. The molecule has 1 heterocycles. The van der Waals surface area contributed by atoms with Crippen LogP contribution < -0.4 is 5.32 Å². The summed E-state index contributed by atoms with van der Waals surface area (Å²) in [5, 5.41) is 19.1. The average Bonchev–Trinajstić information content (AvgIpc) is 2.92. The highest BCUT2D eigenvalue weighted by molar-refractivity contribution is 8.15. The Kier molecular flexibility index (Phi) is 7.15. The predicted molar refractivity (Wildman–Crippen MR) is 99.9 cm³/mol. The fourth-order valence-electron chi connectivity index (χ4n) is 2.38. The first kappa shape index (κ1) is 19.1. The third-order valence-electron chi connectivity index (χ3n) is 3.83. The first-order chi connectivity index (χ1) is 12.0. The van der Waals surface area contributed by atoms with Crippen molar-refractivity contribution >= 4 is 35.0 Å². The third kappa shape index (κ3) is 5.68. The van der Waals surface area contributed by atoms with Gasteiger partial charge in [-0.1, -0.05) is 49.9 Å². The Morgan fingerprint density at radius 2 is 2.08 bits per heavy atom. The number of hydrogen-bond donors (Lipinski definition) is 2. The number of aliphatic carboxylic acids is 1. The van der Waals surface area contributed by atoms with Gasteiger partial charge in [0.1, 0.15) is 5.25 Å². The van der Waals surface area contributed by atoms with Crippen molar-refractivity contribution in [3.05, 3.63) is 35.4 Å². The summed E-state index contributed by atoms with van der Waals surface area (Å²) in [5.74, 6) is -1.36. The molecule has 134 valence electrons. The van der Waals surface area contributed by atoms with Crippen LogP contribution in [-0.4, -0.2) is 51.6 Å². The van der Waals surface area contributed by atoms with Crippen LogP contribution >= 0.6 is 11.8 Å². The van der Waals surface area contributed by atoms with Crippen molar-refractivity contribution in [2.24, 2.45) is 10.2 Å². The summed E-state index contributed by atoms with van der Waals surface area (Å²) < 4.78 is 0. The van der Waals surface area contributed by atoms with E-state index in [1.54, 1.807) is 6.21 Å². The molecule has 1 fully saturated rings. The number of amidine groups is 1. The van der Waals surface area contributed by atoms with Crippen LogP contribution in [0.25, 0.3) is 0 Å². The summed E-state index contributed by atoms with van der Waals surface area (Å²) in [5.41, 5.74) is 2.12. The summed E-state index contributed by atoms with van der Waals surface area (Å²) in [6.45, 7) is 7.02. The quantitative estimate of drug-likeness (QED) is 0.544. The third-order valence-corrected chi connectivity index (χ3v) is 4.90. The van der Waals surface area contributed by atoms with Crippen molar-refractivity contribution in [2.75, 3.05) is 13.1 Å². The Morgan fingerprint density at radius 1 is 1.36 bits per heavy atom. The number of carboxylic acid groups (broad SMARTS) is 1. The molecule has 0 spiro atoms. The SMILES string of the molecule is CCN(CC)Cc1ccccc1C=NN=C1NC(=O)C(CC(=O)O)S1. The molecule has 0 bridgehead atoms. The van der Waals surface area contributed by atoms with E-state index in [1.165, 1.54) is 0 Å². The van der Waals surface area contributed by atoms with Crippen LogP contribution in [0.15, 0.2) is 34.5 Å². The van der Waals surface area contributed by atoms with Crippen molar-refractivity contribution in [2.45, 2.75) is 32.1 Å². The second-order valence-electron chi connectivity index (χ2n) is 5.50. The predicted octanol–water partition coefficient (Wildman–Crippen LogP) is 1.92. The number of nitrogens with zero attached hydrogens (tertiary/aromatic N) is 3. The van der Waals surface area contributed by atoms with Crippen molar-refractivity contribution in [3.8, 4) is 0 Å². The summed E-state index contributed by atoms with van der Waals surface area (Å²) >= 11 is 1.09.